The van der Waals surface area contributed by atoms with E-state index >= 15 is 0 Å². The molecule has 4 nitrogen and oxygen atoms in total. The van der Waals surface area contributed by atoms with Crippen LogP contribution in [0.5, 0.6) is 0 Å². The second-order valence-electron chi connectivity index (χ2n) is 2.45. The Bertz CT molecular complexity index is 297. The van der Waals surface area contributed by atoms with Crippen LogP contribution in [0.3, 0.4) is 0 Å². The number of carbonyl (C=O) groups is 2. The zero-order chi connectivity index (χ0) is 9.68. The van der Waals surface area contributed by atoms with E-state index in [0.29, 0.717) is 12.0 Å². The first kappa shape index (κ1) is 9.25. The van der Waals surface area contributed by atoms with Gasteiger partial charge in [0.2, 0.25) is 6.41 Å². The molecule has 0 radical (unpaired) electrons. The highest BCUT2D eigenvalue weighted by atomic mass is 16.4. The number of hydrogen-bond donors (Lipinski definition) is 1. The van der Waals surface area contributed by atoms with Gasteiger partial charge in [0, 0.05) is 0 Å². The average molecular weight is 178 g/mol. The summed E-state index contributed by atoms with van der Waals surface area (Å²) in [5, 5.41) is 12.7. The normalized spacial score (nSPS) is 11.7. The predicted octanol–water partition coefficient (Wildman–Crippen LogP) is -0.776. The van der Waals surface area contributed by atoms with Gasteiger partial charge in [-0.1, -0.05) is 30.3 Å². The highest BCUT2D eigenvalue weighted by molar-refractivity contribution is 5.76. The SMILES string of the molecule is O=CN[C@@H](C(=O)[O-])c1ccccc1. The molecular weight excluding hydrogens is 170 g/mol. The molecule has 0 spiro atoms. The molecule has 1 amide bonds. The zero-order valence-electron chi connectivity index (χ0n) is 6.77. The maximum Gasteiger partial charge on any atom is 0.207 e. The van der Waals surface area contributed by atoms with Crippen LogP contribution < -0.4 is 10.4 Å². The second kappa shape index (κ2) is 4.25. The van der Waals surface area contributed by atoms with Gasteiger partial charge in [-0.25, -0.2) is 0 Å². The summed E-state index contributed by atoms with van der Waals surface area (Å²) in [5.74, 6) is -1.32. The number of amides is 1. The van der Waals surface area contributed by atoms with Crippen LogP contribution in [0.25, 0.3) is 0 Å². The summed E-state index contributed by atoms with van der Waals surface area (Å²) < 4.78 is 0. The Morgan fingerprint density at radius 2 is 2.00 bits per heavy atom. The Labute approximate surface area is 75.2 Å². The molecule has 0 aliphatic rings. The lowest BCUT2D eigenvalue weighted by Crippen LogP contribution is -2.37. The van der Waals surface area contributed by atoms with Crippen LogP contribution in [-0.4, -0.2) is 12.4 Å². The third-order valence-electron chi connectivity index (χ3n) is 1.60. The van der Waals surface area contributed by atoms with Crippen LogP contribution in [-0.2, 0) is 9.59 Å². The molecule has 0 saturated heterocycles. The quantitative estimate of drug-likeness (QED) is 0.615. The molecule has 1 aromatic rings. The smallest absolute Gasteiger partial charge is 0.207 e. The highest BCUT2D eigenvalue weighted by Gasteiger charge is 2.09. The number of carbonyl (C=O) groups excluding carboxylic acids is 2. The number of carboxylic acids is 1. The van der Waals surface area contributed by atoms with E-state index < -0.39 is 12.0 Å². The van der Waals surface area contributed by atoms with Crippen molar-refractivity contribution in [3.8, 4) is 0 Å². The van der Waals surface area contributed by atoms with Gasteiger partial charge in [-0.05, 0) is 5.56 Å². The van der Waals surface area contributed by atoms with Crippen molar-refractivity contribution in [1.82, 2.24) is 5.32 Å². The number of nitrogens with one attached hydrogen (secondary N) is 1. The molecule has 0 heterocycles. The van der Waals surface area contributed by atoms with E-state index in [0.717, 1.165) is 0 Å². The van der Waals surface area contributed by atoms with Gasteiger partial charge in [-0.15, -0.1) is 0 Å². The van der Waals surface area contributed by atoms with Gasteiger partial charge in [0.25, 0.3) is 0 Å². The summed E-state index contributed by atoms with van der Waals surface area (Å²) in [6.07, 6.45) is 0.341. The van der Waals surface area contributed by atoms with Gasteiger partial charge in [-0.3, -0.25) is 4.79 Å². The van der Waals surface area contributed by atoms with Crippen LogP contribution >= 0.6 is 0 Å². The van der Waals surface area contributed by atoms with E-state index in [4.69, 9.17) is 0 Å². The minimum Gasteiger partial charge on any atom is -0.548 e. The number of rotatable bonds is 4. The standard InChI is InChI=1S/C9H9NO3/c11-6-10-8(9(12)13)7-4-2-1-3-5-7/h1-6,8H,(H,10,11)(H,12,13)/p-1/t8-/m1/s1. The van der Waals surface area contributed by atoms with Gasteiger partial charge < -0.3 is 15.2 Å². The largest absolute Gasteiger partial charge is 0.548 e. The Morgan fingerprint density at radius 1 is 1.38 bits per heavy atom. The van der Waals surface area contributed by atoms with Crippen molar-refractivity contribution in [2.45, 2.75) is 6.04 Å². The summed E-state index contributed by atoms with van der Waals surface area (Å²) in [6.45, 7) is 0. The summed E-state index contributed by atoms with van der Waals surface area (Å²) in [6, 6.07) is 7.29. The van der Waals surface area contributed by atoms with Gasteiger partial charge in [0.1, 0.15) is 0 Å². The predicted molar refractivity (Wildman–Crippen MR) is 43.4 cm³/mol. The van der Waals surface area contributed by atoms with Crippen molar-refractivity contribution in [2.75, 3.05) is 0 Å². The molecule has 0 fully saturated rings. The number of hydrogen-bond acceptors (Lipinski definition) is 3. The highest BCUT2D eigenvalue weighted by Crippen LogP contribution is 2.10. The molecule has 0 aliphatic carbocycles. The number of carboxylic acid groups (broad SMARTS) is 1. The van der Waals surface area contributed by atoms with E-state index in [9.17, 15) is 14.7 Å². The summed E-state index contributed by atoms with van der Waals surface area (Å²) >= 11 is 0. The van der Waals surface area contributed by atoms with Gasteiger partial charge >= 0.3 is 0 Å². The maximum atomic E-state index is 10.6. The number of aliphatic carboxylic acids is 1. The van der Waals surface area contributed by atoms with Crippen molar-refractivity contribution in [2.24, 2.45) is 0 Å². The molecule has 13 heavy (non-hydrogen) atoms. The molecule has 1 rings (SSSR count). The van der Waals surface area contributed by atoms with Crippen molar-refractivity contribution >= 4 is 12.4 Å². The first-order chi connectivity index (χ1) is 6.25. The Balaban J connectivity index is 2.88. The molecule has 4 heteroatoms. The summed E-state index contributed by atoms with van der Waals surface area (Å²) in [5.41, 5.74) is 0.495. The molecular formula is C9H8NO3-. The van der Waals surface area contributed by atoms with Crippen LogP contribution in [0.2, 0.25) is 0 Å². The molecule has 1 N–H and O–H groups in total. The van der Waals surface area contributed by atoms with Crippen LogP contribution in [0.4, 0.5) is 0 Å². The number of benzene rings is 1. The van der Waals surface area contributed by atoms with Gasteiger partial charge in [0.05, 0.1) is 12.0 Å². The second-order valence-corrected chi connectivity index (χ2v) is 2.45. The van der Waals surface area contributed by atoms with E-state index in [1.807, 2.05) is 0 Å². The van der Waals surface area contributed by atoms with Crippen molar-refractivity contribution in [3.63, 3.8) is 0 Å². The zero-order valence-corrected chi connectivity index (χ0v) is 6.77. The molecule has 1 aromatic carbocycles. The molecule has 0 saturated carbocycles. The lowest BCUT2D eigenvalue weighted by Gasteiger charge is -2.16. The molecule has 0 bridgehead atoms. The van der Waals surface area contributed by atoms with Crippen molar-refractivity contribution in [1.29, 1.82) is 0 Å². The minimum atomic E-state index is -1.32. The van der Waals surface area contributed by atoms with E-state index in [-0.39, 0.29) is 0 Å². The van der Waals surface area contributed by atoms with Crippen molar-refractivity contribution in [3.05, 3.63) is 35.9 Å². The van der Waals surface area contributed by atoms with E-state index in [2.05, 4.69) is 5.32 Å². The molecule has 0 aromatic heterocycles. The van der Waals surface area contributed by atoms with Gasteiger partial charge in [-0.2, -0.15) is 0 Å². The van der Waals surface area contributed by atoms with E-state index in [1.54, 1.807) is 30.3 Å². The van der Waals surface area contributed by atoms with Crippen LogP contribution in [0.1, 0.15) is 11.6 Å². The fourth-order valence-corrected chi connectivity index (χ4v) is 1.01. The van der Waals surface area contributed by atoms with Crippen molar-refractivity contribution < 1.29 is 14.7 Å². The fourth-order valence-electron chi connectivity index (χ4n) is 1.01. The summed E-state index contributed by atoms with van der Waals surface area (Å²) in [7, 11) is 0. The van der Waals surface area contributed by atoms with E-state index in [1.165, 1.54) is 0 Å². The molecule has 0 aliphatic heterocycles. The minimum absolute atomic E-state index is 0.341. The first-order valence-corrected chi connectivity index (χ1v) is 3.71. The lowest BCUT2D eigenvalue weighted by molar-refractivity contribution is -0.308. The fraction of sp³-hybridized carbons (Fsp3) is 0.111. The lowest BCUT2D eigenvalue weighted by atomic mass is 10.1. The third kappa shape index (κ3) is 2.30. The summed E-state index contributed by atoms with van der Waals surface area (Å²) in [4.78, 5) is 20.6. The monoisotopic (exact) mass is 178 g/mol. The Hall–Kier alpha value is -1.84. The molecule has 0 unspecified atom stereocenters. The van der Waals surface area contributed by atoms with Crippen LogP contribution in [0.15, 0.2) is 30.3 Å². The van der Waals surface area contributed by atoms with Gasteiger partial charge in [0.15, 0.2) is 0 Å². The molecule has 68 valence electrons. The molecule has 1 atom stereocenters. The Kier molecular flexibility index (Phi) is 3.03. The Morgan fingerprint density at radius 3 is 2.46 bits per heavy atom. The third-order valence-corrected chi connectivity index (χ3v) is 1.60. The average Bonchev–Trinajstić information content (AvgIpc) is 2.15. The maximum absolute atomic E-state index is 10.6. The first-order valence-electron chi connectivity index (χ1n) is 3.71. The van der Waals surface area contributed by atoms with Crippen LogP contribution in [0, 0.1) is 0 Å². The topological polar surface area (TPSA) is 69.2 Å².